The van der Waals surface area contributed by atoms with Crippen LogP contribution in [-0.4, -0.2) is 20.9 Å². The second-order valence-corrected chi connectivity index (χ2v) is 6.79. The number of nitriles is 1. The van der Waals surface area contributed by atoms with Crippen molar-refractivity contribution in [2.24, 2.45) is 0 Å². The van der Waals surface area contributed by atoms with Crippen LogP contribution >= 0.6 is 0 Å². The second-order valence-electron chi connectivity index (χ2n) is 5.02. The number of nitrogens with zero attached hydrogens (tertiary/aromatic N) is 1. The van der Waals surface area contributed by atoms with E-state index in [9.17, 15) is 13.2 Å². The molecular formula is C17H17N3O3S. The minimum atomic E-state index is -3.71. The van der Waals surface area contributed by atoms with Crippen LogP contribution in [0.3, 0.4) is 0 Å². The van der Waals surface area contributed by atoms with Crippen molar-refractivity contribution in [1.82, 2.24) is 10.0 Å². The molecule has 24 heavy (non-hydrogen) atoms. The number of hydrogen-bond acceptors (Lipinski definition) is 4. The maximum atomic E-state index is 12.2. The third-order valence-electron chi connectivity index (χ3n) is 3.29. The molecule has 0 aliphatic rings. The Labute approximate surface area is 141 Å². The molecule has 1 amide bonds. The first-order valence-electron chi connectivity index (χ1n) is 7.33. The fourth-order valence-electron chi connectivity index (χ4n) is 2.03. The van der Waals surface area contributed by atoms with Gasteiger partial charge in [0.25, 0.3) is 5.91 Å². The van der Waals surface area contributed by atoms with Crippen molar-refractivity contribution in [2.45, 2.75) is 18.4 Å². The van der Waals surface area contributed by atoms with Gasteiger partial charge >= 0.3 is 0 Å². The SMILES string of the molecule is CCNC(=O)c1ccc(CNS(=O)(=O)c2cccc(C#N)c2)cc1. The van der Waals surface area contributed by atoms with Crippen LogP contribution in [0.4, 0.5) is 0 Å². The van der Waals surface area contributed by atoms with E-state index in [-0.39, 0.29) is 22.9 Å². The first-order chi connectivity index (χ1) is 11.5. The van der Waals surface area contributed by atoms with Gasteiger partial charge in [-0.15, -0.1) is 0 Å². The summed E-state index contributed by atoms with van der Waals surface area (Å²) < 4.78 is 27.0. The lowest BCUT2D eigenvalue weighted by molar-refractivity contribution is 0.0956. The van der Waals surface area contributed by atoms with Crippen LogP contribution in [-0.2, 0) is 16.6 Å². The highest BCUT2D eigenvalue weighted by Crippen LogP contribution is 2.12. The third kappa shape index (κ3) is 4.41. The largest absolute Gasteiger partial charge is 0.352 e. The Morgan fingerprint density at radius 1 is 1.17 bits per heavy atom. The van der Waals surface area contributed by atoms with E-state index in [4.69, 9.17) is 5.26 Å². The highest BCUT2D eigenvalue weighted by Gasteiger charge is 2.14. The van der Waals surface area contributed by atoms with E-state index in [0.717, 1.165) is 5.56 Å². The van der Waals surface area contributed by atoms with Crippen molar-refractivity contribution in [1.29, 1.82) is 5.26 Å². The zero-order chi connectivity index (χ0) is 17.6. The molecule has 0 saturated carbocycles. The summed E-state index contributed by atoms with van der Waals surface area (Å²) in [7, 11) is -3.71. The molecule has 0 spiro atoms. The molecule has 0 aromatic heterocycles. The second kappa shape index (κ2) is 7.73. The van der Waals surface area contributed by atoms with Gasteiger partial charge < -0.3 is 5.32 Å². The summed E-state index contributed by atoms with van der Waals surface area (Å²) in [5.41, 5.74) is 1.53. The maximum Gasteiger partial charge on any atom is 0.251 e. The number of carbonyl (C=O) groups excluding carboxylic acids is 1. The molecule has 2 rings (SSSR count). The lowest BCUT2D eigenvalue weighted by Crippen LogP contribution is -2.24. The molecule has 2 aromatic carbocycles. The maximum absolute atomic E-state index is 12.2. The van der Waals surface area contributed by atoms with Gasteiger partial charge in [-0.05, 0) is 42.8 Å². The minimum absolute atomic E-state index is 0.0421. The Balaban J connectivity index is 2.07. The zero-order valence-corrected chi connectivity index (χ0v) is 13.9. The summed E-state index contributed by atoms with van der Waals surface area (Å²) >= 11 is 0. The van der Waals surface area contributed by atoms with Gasteiger partial charge in [0.1, 0.15) is 0 Å². The molecular weight excluding hydrogens is 326 g/mol. The normalized spacial score (nSPS) is 10.8. The molecule has 0 saturated heterocycles. The van der Waals surface area contributed by atoms with Crippen LogP contribution in [0, 0.1) is 11.3 Å². The van der Waals surface area contributed by atoms with Gasteiger partial charge in [-0.25, -0.2) is 13.1 Å². The monoisotopic (exact) mass is 343 g/mol. The van der Waals surface area contributed by atoms with E-state index in [0.29, 0.717) is 12.1 Å². The summed E-state index contributed by atoms with van der Waals surface area (Å²) in [4.78, 5) is 11.7. The molecule has 0 aliphatic carbocycles. The van der Waals surface area contributed by atoms with E-state index in [2.05, 4.69) is 10.0 Å². The Bertz CT molecular complexity index is 869. The van der Waals surface area contributed by atoms with Gasteiger partial charge in [0.05, 0.1) is 16.5 Å². The number of hydrogen-bond donors (Lipinski definition) is 2. The lowest BCUT2D eigenvalue weighted by Gasteiger charge is -2.08. The third-order valence-corrected chi connectivity index (χ3v) is 4.69. The molecule has 0 aliphatic heterocycles. The Morgan fingerprint density at radius 2 is 1.88 bits per heavy atom. The van der Waals surface area contributed by atoms with Crippen molar-refractivity contribution in [3.05, 3.63) is 65.2 Å². The van der Waals surface area contributed by atoms with Crippen molar-refractivity contribution < 1.29 is 13.2 Å². The predicted molar refractivity (Wildman–Crippen MR) is 89.6 cm³/mol. The topological polar surface area (TPSA) is 99.1 Å². The number of benzene rings is 2. The number of sulfonamides is 1. The first-order valence-corrected chi connectivity index (χ1v) is 8.81. The van der Waals surface area contributed by atoms with Crippen molar-refractivity contribution in [3.63, 3.8) is 0 Å². The molecule has 0 bridgehead atoms. The van der Waals surface area contributed by atoms with Crippen molar-refractivity contribution in [2.75, 3.05) is 6.54 Å². The van der Waals surface area contributed by atoms with Crippen LogP contribution in [0.25, 0.3) is 0 Å². The first kappa shape index (κ1) is 17.7. The average Bonchev–Trinajstić information content (AvgIpc) is 2.61. The van der Waals surface area contributed by atoms with Crippen LogP contribution in [0.15, 0.2) is 53.4 Å². The number of rotatable bonds is 6. The van der Waals surface area contributed by atoms with Crippen LogP contribution < -0.4 is 10.0 Å². The number of amides is 1. The van der Waals surface area contributed by atoms with Gasteiger partial charge in [-0.3, -0.25) is 4.79 Å². The van der Waals surface area contributed by atoms with E-state index in [1.54, 1.807) is 30.3 Å². The molecule has 0 fully saturated rings. The molecule has 0 atom stereocenters. The summed E-state index contributed by atoms with van der Waals surface area (Å²) in [6.45, 7) is 2.47. The molecule has 0 heterocycles. The standard InChI is InChI=1S/C17H17N3O3S/c1-2-19-17(21)15-8-6-13(7-9-15)12-20-24(22,23)16-5-3-4-14(10-16)11-18/h3-10,20H,2,12H2,1H3,(H,19,21). The van der Waals surface area contributed by atoms with Crippen LogP contribution in [0.5, 0.6) is 0 Å². The molecule has 124 valence electrons. The van der Waals surface area contributed by atoms with E-state index < -0.39 is 10.0 Å². The Kier molecular flexibility index (Phi) is 5.68. The van der Waals surface area contributed by atoms with Gasteiger partial charge in [0.2, 0.25) is 10.0 Å². The summed E-state index contributed by atoms with van der Waals surface area (Å²) in [6, 6.07) is 14.4. The quantitative estimate of drug-likeness (QED) is 0.835. The van der Waals surface area contributed by atoms with E-state index >= 15 is 0 Å². The fourth-order valence-corrected chi connectivity index (χ4v) is 3.09. The predicted octanol–water partition coefficient (Wildman–Crippen LogP) is 1.79. The fraction of sp³-hybridized carbons (Fsp3) is 0.176. The van der Waals surface area contributed by atoms with Gasteiger partial charge in [-0.2, -0.15) is 5.26 Å². The van der Waals surface area contributed by atoms with Gasteiger partial charge in [0.15, 0.2) is 0 Å². The summed E-state index contributed by atoms with van der Waals surface area (Å²) in [5, 5.41) is 11.5. The number of nitrogens with one attached hydrogen (secondary N) is 2. The Morgan fingerprint density at radius 3 is 2.50 bits per heavy atom. The van der Waals surface area contributed by atoms with Crippen LogP contribution in [0.1, 0.15) is 28.4 Å². The lowest BCUT2D eigenvalue weighted by atomic mass is 10.1. The summed E-state index contributed by atoms with van der Waals surface area (Å²) in [5.74, 6) is -0.169. The van der Waals surface area contributed by atoms with Gasteiger partial charge in [0, 0.05) is 18.7 Å². The highest BCUT2D eigenvalue weighted by molar-refractivity contribution is 7.89. The zero-order valence-electron chi connectivity index (χ0n) is 13.1. The molecule has 2 N–H and O–H groups in total. The van der Waals surface area contributed by atoms with E-state index in [1.165, 1.54) is 18.2 Å². The molecule has 7 heteroatoms. The van der Waals surface area contributed by atoms with Crippen molar-refractivity contribution in [3.8, 4) is 6.07 Å². The molecule has 0 unspecified atom stereocenters. The minimum Gasteiger partial charge on any atom is -0.352 e. The van der Waals surface area contributed by atoms with E-state index in [1.807, 2.05) is 13.0 Å². The highest BCUT2D eigenvalue weighted by atomic mass is 32.2. The average molecular weight is 343 g/mol. The van der Waals surface area contributed by atoms with Gasteiger partial charge in [-0.1, -0.05) is 18.2 Å². The molecule has 0 radical (unpaired) electrons. The number of carbonyl (C=O) groups is 1. The van der Waals surface area contributed by atoms with Crippen LogP contribution in [0.2, 0.25) is 0 Å². The molecule has 6 nitrogen and oxygen atoms in total. The molecule has 2 aromatic rings. The smallest absolute Gasteiger partial charge is 0.251 e. The van der Waals surface area contributed by atoms with Crippen molar-refractivity contribution >= 4 is 15.9 Å². The Hall–Kier alpha value is -2.69. The summed E-state index contributed by atoms with van der Waals surface area (Å²) in [6.07, 6.45) is 0.